The molecule has 15 heavy (non-hydrogen) atoms. The highest BCUT2D eigenvalue weighted by atomic mass is 32.1. The van der Waals surface area contributed by atoms with E-state index in [2.05, 4.69) is 6.92 Å². The first kappa shape index (κ1) is 12.4. The van der Waals surface area contributed by atoms with Gasteiger partial charge in [0.05, 0.1) is 4.88 Å². The lowest BCUT2D eigenvalue weighted by Crippen LogP contribution is -2.24. The number of ketones is 1. The second-order valence-corrected chi connectivity index (χ2v) is 4.45. The second kappa shape index (κ2) is 6.03. The molecule has 0 aromatic carbocycles. The summed E-state index contributed by atoms with van der Waals surface area (Å²) < 4.78 is 5.48. The Kier molecular flexibility index (Phi) is 4.99. The zero-order chi connectivity index (χ0) is 11.3. The normalized spacial score (nSPS) is 12.7. The number of thiophene rings is 1. The molecule has 0 spiro atoms. The monoisotopic (exact) mass is 226 g/mol. The van der Waals surface area contributed by atoms with Crippen LogP contribution in [-0.4, -0.2) is 18.5 Å². The zero-order valence-electron chi connectivity index (χ0n) is 9.58. The van der Waals surface area contributed by atoms with E-state index in [0.717, 1.165) is 23.3 Å². The van der Waals surface area contributed by atoms with Crippen LogP contribution in [0.5, 0.6) is 0 Å². The molecular formula is C12H18O2S. The Morgan fingerprint density at radius 1 is 1.53 bits per heavy atom. The van der Waals surface area contributed by atoms with Gasteiger partial charge in [-0.25, -0.2) is 0 Å². The van der Waals surface area contributed by atoms with Crippen molar-refractivity contribution in [1.29, 1.82) is 0 Å². The third kappa shape index (κ3) is 3.14. The quantitative estimate of drug-likeness (QED) is 0.694. The highest BCUT2D eigenvalue weighted by Gasteiger charge is 2.21. The molecule has 0 N–H and O–H groups in total. The predicted molar refractivity (Wildman–Crippen MR) is 63.7 cm³/mol. The van der Waals surface area contributed by atoms with Crippen molar-refractivity contribution in [1.82, 2.24) is 0 Å². The van der Waals surface area contributed by atoms with E-state index in [4.69, 9.17) is 4.74 Å². The second-order valence-electron chi connectivity index (χ2n) is 3.53. The number of rotatable bonds is 6. The number of hydrogen-bond donors (Lipinski definition) is 0. The molecule has 0 bridgehead atoms. The summed E-state index contributed by atoms with van der Waals surface area (Å²) in [6.07, 6.45) is 1.53. The van der Waals surface area contributed by atoms with Crippen molar-refractivity contribution in [3.8, 4) is 0 Å². The Morgan fingerprint density at radius 2 is 2.27 bits per heavy atom. The molecule has 0 fully saturated rings. The first-order valence-electron chi connectivity index (χ1n) is 5.40. The maximum atomic E-state index is 12.1. The molecule has 1 atom stereocenters. The highest BCUT2D eigenvalue weighted by molar-refractivity contribution is 7.12. The zero-order valence-corrected chi connectivity index (χ0v) is 10.4. The van der Waals surface area contributed by atoms with Gasteiger partial charge in [-0.15, -0.1) is 11.3 Å². The summed E-state index contributed by atoms with van der Waals surface area (Å²) in [7, 11) is 0. The number of carbonyl (C=O) groups excluding carboxylic acids is 1. The van der Waals surface area contributed by atoms with Crippen LogP contribution in [0.3, 0.4) is 0 Å². The average molecular weight is 226 g/mol. The molecule has 0 amide bonds. The van der Waals surface area contributed by atoms with E-state index in [9.17, 15) is 4.79 Å². The Hall–Kier alpha value is -0.670. The largest absolute Gasteiger partial charge is 0.370 e. The van der Waals surface area contributed by atoms with Crippen LogP contribution >= 0.6 is 11.3 Å². The molecule has 0 saturated carbocycles. The lowest BCUT2D eigenvalue weighted by atomic mass is 10.1. The fourth-order valence-electron chi connectivity index (χ4n) is 1.52. The molecule has 1 aromatic heterocycles. The fraction of sp³-hybridized carbons (Fsp3) is 0.583. The Labute approximate surface area is 95.3 Å². The first-order chi connectivity index (χ1) is 7.20. The van der Waals surface area contributed by atoms with Crippen LogP contribution in [0.15, 0.2) is 11.4 Å². The fourth-order valence-corrected chi connectivity index (χ4v) is 2.43. The number of Topliss-reactive ketones (excluding diaryl/α,β-unsaturated/α-hetero) is 1. The van der Waals surface area contributed by atoms with E-state index in [1.54, 1.807) is 0 Å². The Balaban J connectivity index is 2.76. The van der Waals surface area contributed by atoms with Crippen LogP contribution in [0, 0.1) is 6.92 Å². The van der Waals surface area contributed by atoms with Crippen LogP contribution in [0.25, 0.3) is 0 Å². The van der Waals surface area contributed by atoms with Crippen molar-refractivity contribution in [3.05, 3.63) is 21.9 Å². The molecule has 0 aliphatic heterocycles. The third-order valence-corrected chi connectivity index (χ3v) is 3.33. The minimum absolute atomic E-state index is 0.145. The van der Waals surface area contributed by atoms with Gasteiger partial charge in [0.2, 0.25) is 5.78 Å². The van der Waals surface area contributed by atoms with Crippen LogP contribution in [0.1, 0.15) is 41.9 Å². The van der Waals surface area contributed by atoms with Crippen molar-refractivity contribution in [2.75, 3.05) is 6.61 Å². The number of aryl methyl sites for hydroxylation is 1. The van der Waals surface area contributed by atoms with Gasteiger partial charge in [-0.3, -0.25) is 4.79 Å². The molecule has 1 aromatic rings. The number of carbonyl (C=O) groups is 1. The standard InChI is InChI=1S/C12H18O2S/c1-4-6-10(14-5-2)11(13)12-9(3)7-8-15-12/h7-8,10H,4-6H2,1-3H3. The Morgan fingerprint density at radius 3 is 2.73 bits per heavy atom. The van der Waals surface area contributed by atoms with Gasteiger partial charge in [-0.05, 0) is 37.3 Å². The minimum Gasteiger partial charge on any atom is -0.370 e. The van der Waals surface area contributed by atoms with Gasteiger partial charge in [0.15, 0.2) is 0 Å². The van der Waals surface area contributed by atoms with Gasteiger partial charge in [0, 0.05) is 6.61 Å². The van der Waals surface area contributed by atoms with Crippen LogP contribution < -0.4 is 0 Å². The van der Waals surface area contributed by atoms with Gasteiger partial charge in [0.25, 0.3) is 0 Å². The van der Waals surface area contributed by atoms with E-state index in [0.29, 0.717) is 6.61 Å². The number of hydrogen-bond acceptors (Lipinski definition) is 3. The van der Waals surface area contributed by atoms with E-state index < -0.39 is 0 Å². The van der Waals surface area contributed by atoms with Gasteiger partial charge in [0.1, 0.15) is 6.10 Å². The van der Waals surface area contributed by atoms with Gasteiger partial charge in [-0.1, -0.05) is 13.3 Å². The van der Waals surface area contributed by atoms with Crippen molar-refractivity contribution in [2.24, 2.45) is 0 Å². The van der Waals surface area contributed by atoms with E-state index in [1.165, 1.54) is 11.3 Å². The van der Waals surface area contributed by atoms with Crippen molar-refractivity contribution >= 4 is 17.1 Å². The van der Waals surface area contributed by atoms with Crippen molar-refractivity contribution in [2.45, 2.75) is 39.7 Å². The molecular weight excluding hydrogens is 208 g/mol. The molecule has 3 heteroatoms. The Bertz CT molecular complexity index is 311. The molecule has 1 heterocycles. The molecule has 0 radical (unpaired) electrons. The lowest BCUT2D eigenvalue weighted by Gasteiger charge is -2.14. The van der Waals surface area contributed by atoms with E-state index >= 15 is 0 Å². The van der Waals surface area contributed by atoms with Gasteiger partial charge in [-0.2, -0.15) is 0 Å². The molecule has 0 aliphatic carbocycles. The SMILES string of the molecule is CCCC(OCC)C(=O)c1sccc1C. The summed E-state index contributed by atoms with van der Waals surface area (Å²) in [5.74, 6) is 0.145. The van der Waals surface area contributed by atoms with Gasteiger partial charge >= 0.3 is 0 Å². The van der Waals surface area contributed by atoms with E-state index in [-0.39, 0.29) is 11.9 Å². The minimum atomic E-state index is -0.252. The van der Waals surface area contributed by atoms with Crippen molar-refractivity contribution in [3.63, 3.8) is 0 Å². The first-order valence-corrected chi connectivity index (χ1v) is 6.28. The summed E-state index contributed by atoms with van der Waals surface area (Å²) in [5.41, 5.74) is 1.06. The van der Waals surface area contributed by atoms with Crippen LogP contribution in [0.2, 0.25) is 0 Å². The molecule has 0 aliphatic rings. The maximum Gasteiger partial charge on any atom is 0.201 e. The maximum absolute atomic E-state index is 12.1. The summed E-state index contributed by atoms with van der Waals surface area (Å²) in [5, 5.41) is 1.96. The lowest BCUT2D eigenvalue weighted by molar-refractivity contribution is 0.0426. The van der Waals surface area contributed by atoms with Crippen LogP contribution in [0.4, 0.5) is 0 Å². The predicted octanol–water partition coefficient (Wildman–Crippen LogP) is 3.44. The van der Waals surface area contributed by atoms with Crippen LogP contribution in [-0.2, 0) is 4.74 Å². The third-order valence-electron chi connectivity index (χ3n) is 2.30. The molecule has 0 saturated heterocycles. The van der Waals surface area contributed by atoms with Gasteiger partial charge < -0.3 is 4.74 Å². The smallest absolute Gasteiger partial charge is 0.201 e. The highest BCUT2D eigenvalue weighted by Crippen LogP contribution is 2.20. The molecule has 84 valence electrons. The topological polar surface area (TPSA) is 26.3 Å². The molecule has 1 unspecified atom stereocenters. The van der Waals surface area contributed by atoms with E-state index in [1.807, 2.05) is 25.3 Å². The van der Waals surface area contributed by atoms with Crippen molar-refractivity contribution < 1.29 is 9.53 Å². The molecule has 1 rings (SSSR count). The summed E-state index contributed by atoms with van der Waals surface area (Å²) in [6.45, 7) is 6.57. The summed E-state index contributed by atoms with van der Waals surface area (Å²) >= 11 is 1.51. The average Bonchev–Trinajstić information content (AvgIpc) is 2.63. The summed E-state index contributed by atoms with van der Waals surface area (Å²) in [4.78, 5) is 12.9. The summed E-state index contributed by atoms with van der Waals surface area (Å²) in [6, 6.07) is 1.98. The number of ether oxygens (including phenoxy) is 1. The molecule has 2 nitrogen and oxygen atoms in total.